The Morgan fingerprint density at radius 3 is 2.95 bits per heavy atom. The molecule has 0 aliphatic carbocycles. The summed E-state index contributed by atoms with van der Waals surface area (Å²) in [5.41, 5.74) is 0.352. The van der Waals surface area contributed by atoms with Crippen LogP contribution in [0.1, 0.15) is 13.3 Å². The second-order valence-corrected chi connectivity index (χ2v) is 5.01. The van der Waals surface area contributed by atoms with E-state index in [2.05, 4.69) is 10.6 Å². The van der Waals surface area contributed by atoms with Gasteiger partial charge in [0.15, 0.2) is 0 Å². The molecule has 1 unspecified atom stereocenters. The van der Waals surface area contributed by atoms with Crippen molar-refractivity contribution in [2.75, 3.05) is 25.0 Å². The van der Waals surface area contributed by atoms with Gasteiger partial charge in [-0.15, -0.1) is 0 Å². The van der Waals surface area contributed by atoms with Crippen LogP contribution < -0.4 is 10.6 Å². The quantitative estimate of drug-likeness (QED) is 0.617. The molecule has 1 aliphatic rings. The van der Waals surface area contributed by atoms with Crippen molar-refractivity contribution in [1.82, 2.24) is 10.2 Å². The SMILES string of the molecule is CC1C(=O)NCCN1C(=O)CCNc1ccccc1[N+](=O)[O-]. The molecule has 2 rings (SSSR count). The van der Waals surface area contributed by atoms with Crippen molar-refractivity contribution in [1.29, 1.82) is 0 Å². The van der Waals surface area contributed by atoms with Crippen LogP contribution in [0.5, 0.6) is 0 Å². The fourth-order valence-corrected chi connectivity index (χ4v) is 2.35. The molecule has 118 valence electrons. The minimum Gasteiger partial charge on any atom is -0.379 e. The van der Waals surface area contributed by atoms with Crippen LogP contribution in [-0.2, 0) is 9.59 Å². The first-order chi connectivity index (χ1) is 10.5. The van der Waals surface area contributed by atoms with E-state index in [1.165, 1.54) is 11.0 Å². The lowest BCUT2D eigenvalue weighted by Crippen LogP contribution is -2.56. The average molecular weight is 306 g/mol. The van der Waals surface area contributed by atoms with E-state index in [-0.39, 0.29) is 30.5 Å². The molecule has 1 saturated heterocycles. The standard InChI is InChI=1S/C14H18N4O4/c1-10-14(20)16-8-9-17(10)13(19)6-7-15-11-4-2-3-5-12(11)18(21)22/h2-5,10,15H,6-9H2,1H3,(H,16,20). The predicted molar refractivity (Wildman–Crippen MR) is 80.4 cm³/mol. The van der Waals surface area contributed by atoms with Gasteiger partial charge in [-0.05, 0) is 13.0 Å². The van der Waals surface area contributed by atoms with Crippen molar-refractivity contribution >= 4 is 23.2 Å². The molecular weight excluding hydrogens is 288 g/mol. The largest absolute Gasteiger partial charge is 0.379 e. The van der Waals surface area contributed by atoms with Crippen LogP contribution >= 0.6 is 0 Å². The molecule has 0 saturated carbocycles. The van der Waals surface area contributed by atoms with E-state index in [0.29, 0.717) is 18.8 Å². The van der Waals surface area contributed by atoms with Crippen LogP contribution in [-0.4, -0.2) is 47.3 Å². The monoisotopic (exact) mass is 306 g/mol. The van der Waals surface area contributed by atoms with Crippen molar-refractivity contribution in [3.8, 4) is 0 Å². The van der Waals surface area contributed by atoms with Gasteiger partial charge in [0, 0.05) is 32.1 Å². The van der Waals surface area contributed by atoms with Gasteiger partial charge >= 0.3 is 0 Å². The predicted octanol–water partition coefficient (Wildman–Crippen LogP) is 0.744. The van der Waals surface area contributed by atoms with Gasteiger partial charge in [0.05, 0.1) is 4.92 Å². The van der Waals surface area contributed by atoms with Crippen LogP contribution in [0.2, 0.25) is 0 Å². The first-order valence-corrected chi connectivity index (χ1v) is 7.05. The van der Waals surface area contributed by atoms with Gasteiger partial charge in [0.1, 0.15) is 11.7 Å². The average Bonchev–Trinajstić information content (AvgIpc) is 2.50. The normalized spacial score (nSPS) is 17.8. The molecule has 1 aliphatic heterocycles. The van der Waals surface area contributed by atoms with E-state index in [9.17, 15) is 19.7 Å². The summed E-state index contributed by atoms with van der Waals surface area (Å²) >= 11 is 0. The zero-order chi connectivity index (χ0) is 16.1. The molecule has 1 heterocycles. The minimum atomic E-state index is -0.479. The number of carbonyl (C=O) groups excluding carboxylic acids is 2. The molecule has 2 amide bonds. The maximum atomic E-state index is 12.1. The molecule has 0 aromatic heterocycles. The van der Waals surface area contributed by atoms with Crippen LogP contribution in [0, 0.1) is 10.1 Å². The van der Waals surface area contributed by atoms with Gasteiger partial charge in [0.25, 0.3) is 5.69 Å². The zero-order valence-electron chi connectivity index (χ0n) is 12.2. The number of nitrogens with zero attached hydrogens (tertiary/aromatic N) is 2. The summed E-state index contributed by atoms with van der Waals surface area (Å²) in [4.78, 5) is 35.6. The summed E-state index contributed by atoms with van der Waals surface area (Å²) in [6, 6.07) is 5.80. The van der Waals surface area contributed by atoms with Crippen molar-refractivity contribution in [3.63, 3.8) is 0 Å². The van der Waals surface area contributed by atoms with E-state index in [4.69, 9.17) is 0 Å². The number of carbonyl (C=O) groups is 2. The van der Waals surface area contributed by atoms with E-state index in [1.54, 1.807) is 25.1 Å². The summed E-state index contributed by atoms with van der Waals surface area (Å²) in [5, 5.41) is 16.5. The van der Waals surface area contributed by atoms with Gasteiger partial charge in [-0.1, -0.05) is 12.1 Å². The molecule has 1 aromatic carbocycles. The van der Waals surface area contributed by atoms with Crippen molar-refractivity contribution in [2.45, 2.75) is 19.4 Å². The number of nitro groups is 1. The van der Waals surface area contributed by atoms with E-state index in [0.717, 1.165) is 0 Å². The van der Waals surface area contributed by atoms with E-state index < -0.39 is 11.0 Å². The Bertz CT molecular complexity index is 590. The number of nitro benzene ring substituents is 1. The summed E-state index contributed by atoms with van der Waals surface area (Å²) < 4.78 is 0. The molecular formula is C14H18N4O4. The maximum Gasteiger partial charge on any atom is 0.292 e. The Labute approximate surface area is 127 Å². The van der Waals surface area contributed by atoms with Gasteiger partial charge in [-0.2, -0.15) is 0 Å². The molecule has 0 radical (unpaired) electrons. The number of rotatable bonds is 5. The highest BCUT2D eigenvalue weighted by molar-refractivity contribution is 5.88. The second kappa shape index (κ2) is 6.88. The van der Waals surface area contributed by atoms with Gasteiger partial charge < -0.3 is 15.5 Å². The molecule has 1 atom stereocenters. The Kier molecular flexibility index (Phi) is 4.92. The molecule has 0 spiro atoms. The Morgan fingerprint density at radius 2 is 2.23 bits per heavy atom. The highest BCUT2D eigenvalue weighted by Crippen LogP contribution is 2.23. The Balaban J connectivity index is 1.90. The van der Waals surface area contributed by atoms with Gasteiger partial charge in [0.2, 0.25) is 11.8 Å². The highest BCUT2D eigenvalue weighted by Gasteiger charge is 2.28. The molecule has 1 fully saturated rings. The minimum absolute atomic E-state index is 0.0272. The van der Waals surface area contributed by atoms with E-state index in [1.807, 2.05) is 0 Å². The van der Waals surface area contributed by atoms with Crippen LogP contribution in [0.4, 0.5) is 11.4 Å². The molecule has 0 bridgehead atoms. The third-order valence-electron chi connectivity index (χ3n) is 3.57. The number of benzene rings is 1. The lowest BCUT2D eigenvalue weighted by atomic mass is 10.2. The van der Waals surface area contributed by atoms with E-state index >= 15 is 0 Å². The molecule has 22 heavy (non-hydrogen) atoms. The third kappa shape index (κ3) is 3.51. The number of para-hydroxylation sites is 2. The lowest BCUT2D eigenvalue weighted by Gasteiger charge is -2.32. The Morgan fingerprint density at radius 1 is 1.50 bits per heavy atom. The summed E-state index contributed by atoms with van der Waals surface area (Å²) in [7, 11) is 0. The van der Waals surface area contributed by atoms with Crippen molar-refractivity contribution < 1.29 is 14.5 Å². The molecule has 2 N–H and O–H groups in total. The molecule has 1 aromatic rings. The van der Waals surface area contributed by atoms with Crippen molar-refractivity contribution in [3.05, 3.63) is 34.4 Å². The highest BCUT2D eigenvalue weighted by atomic mass is 16.6. The van der Waals surface area contributed by atoms with Crippen LogP contribution in [0.25, 0.3) is 0 Å². The maximum absolute atomic E-state index is 12.1. The van der Waals surface area contributed by atoms with Crippen LogP contribution in [0.3, 0.4) is 0 Å². The Hall–Kier alpha value is -2.64. The van der Waals surface area contributed by atoms with Gasteiger partial charge in [-0.25, -0.2) is 0 Å². The number of hydrogen-bond acceptors (Lipinski definition) is 5. The number of anilines is 1. The number of piperazine rings is 1. The number of amides is 2. The summed E-state index contributed by atoms with van der Waals surface area (Å²) in [6.45, 7) is 2.89. The second-order valence-electron chi connectivity index (χ2n) is 5.01. The first-order valence-electron chi connectivity index (χ1n) is 7.05. The van der Waals surface area contributed by atoms with Gasteiger partial charge in [-0.3, -0.25) is 19.7 Å². The fourth-order valence-electron chi connectivity index (χ4n) is 2.35. The smallest absolute Gasteiger partial charge is 0.292 e. The molecule has 8 nitrogen and oxygen atoms in total. The first kappa shape index (κ1) is 15.7. The lowest BCUT2D eigenvalue weighted by molar-refractivity contribution is -0.384. The summed E-state index contributed by atoms with van der Waals surface area (Å²) in [6.07, 6.45) is 0.170. The topological polar surface area (TPSA) is 105 Å². The fraction of sp³-hybridized carbons (Fsp3) is 0.429. The van der Waals surface area contributed by atoms with Crippen molar-refractivity contribution in [2.24, 2.45) is 0 Å². The third-order valence-corrected chi connectivity index (χ3v) is 3.57. The number of nitrogens with one attached hydrogen (secondary N) is 2. The number of hydrogen-bond donors (Lipinski definition) is 2. The van der Waals surface area contributed by atoms with Crippen LogP contribution in [0.15, 0.2) is 24.3 Å². The molecule has 8 heteroatoms. The zero-order valence-corrected chi connectivity index (χ0v) is 12.2. The summed E-state index contributed by atoms with van der Waals surface area (Å²) in [5.74, 6) is -0.306.